The maximum absolute atomic E-state index is 13.7. The van der Waals surface area contributed by atoms with Gasteiger partial charge >= 0.3 is 12.1 Å². The summed E-state index contributed by atoms with van der Waals surface area (Å²) in [7, 11) is 0. The lowest BCUT2D eigenvalue weighted by Gasteiger charge is -2.18. The number of rotatable bonds is 9. The molecule has 1 saturated carbocycles. The second kappa shape index (κ2) is 9.00. The molecule has 0 saturated heterocycles. The minimum absolute atomic E-state index is 0.0127. The highest BCUT2D eigenvalue weighted by molar-refractivity contribution is 6.33. The number of ether oxygens (including phenoxy) is 1. The van der Waals surface area contributed by atoms with Crippen LogP contribution in [-0.4, -0.2) is 17.7 Å². The van der Waals surface area contributed by atoms with E-state index in [4.69, 9.17) is 21.4 Å². The summed E-state index contributed by atoms with van der Waals surface area (Å²) in [5.74, 6) is -0.253. The minimum atomic E-state index is -4.61. The van der Waals surface area contributed by atoms with Crippen LogP contribution in [0.15, 0.2) is 43.0 Å². The summed E-state index contributed by atoms with van der Waals surface area (Å²) in [6, 6.07) is 8.25. The fraction of sp³-hybridized carbons (Fsp3) is 0.318. The van der Waals surface area contributed by atoms with Crippen molar-refractivity contribution in [1.29, 1.82) is 0 Å². The van der Waals surface area contributed by atoms with E-state index < -0.39 is 17.7 Å². The van der Waals surface area contributed by atoms with Gasteiger partial charge in [0.25, 0.3) is 0 Å². The van der Waals surface area contributed by atoms with Crippen molar-refractivity contribution in [1.82, 2.24) is 0 Å². The summed E-state index contributed by atoms with van der Waals surface area (Å²) in [5.41, 5.74) is -0.296. The van der Waals surface area contributed by atoms with Crippen LogP contribution in [0.2, 0.25) is 5.02 Å². The van der Waals surface area contributed by atoms with E-state index in [0.717, 1.165) is 25.3 Å². The molecule has 1 fully saturated rings. The molecule has 1 aliphatic carbocycles. The summed E-state index contributed by atoms with van der Waals surface area (Å²) < 4.78 is 46.5. The fourth-order valence-electron chi connectivity index (χ4n) is 3.04. The van der Waals surface area contributed by atoms with E-state index >= 15 is 0 Å². The van der Waals surface area contributed by atoms with Crippen molar-refractivity contribution in [2.45, 2.75) is 31.9 Å². The van der Waals surface area contributed by atoms with Crippen molar-refractivity contribution in [2.75, 3.05) is 11.9 Å². The van der Waals surface area contributed by atoms with E-state index in [0.29, 0.717) is 18.1 Å². The Balaban J connectivity index is 1.81. The lowest BCUT2D eigenvalue weighted by Crippen LogP contribution is -2.12. The monoisotopic (exact) mass is 439 g/mol. The van der Waals surface area contributed by atoms with Crippen molar-refractivity contribution in [2.24, 2.45) is 5.92 Å². The molecule has 160 valence electrons. The Morgan fingerprint density at radius 1 is 1.23 bits per heavy atom. The van der Waals surface area contributed by atoms with E-state index in [1.165, 1.54) is 24.3 Å². The first kappa shape index (κ1) is 22.0. The predicted octanol–water partition coefficient (Wildman–Crippen LogP) is 6.25. The molecule has 2 aromatic rings. The van der Waals surface area contributed by atoms with Gasteiger partial charge in [-0.25, -0.2) is 0 Å². The lowest BCUT2D eigenvalue weighted by molar-refractivity contribution is -0.138. The molecule has 0 bridgehead atoms. The van der Waals surface area contributed by atoms with Gasteiger partial charge in [0, 0.05) is 11.3 Å². The Morgan fingerprint density at radius 2 is 1.97 bits per heavy atom. The van der Waals surface area contributed by atoms with Gasteiger partial charge < -0.3 is 15.2 Å². The van der Waals surface area contributed by atoms with Gasteiger partial charge in [0.15, 0.2) is 0 Å². The predicted molar refractivity (Wildman–Crippen MR) is 110 cm³/mol. The normalized spacial score (nSPS) is 13.7. The van der Waals surface area contributed by atoms with Crippen molar-refractivity contribution in [3.8, 4) is 5.75 Å². The average molecular weight is 440 g/mol. The zero-order valence-corrected chi connectivity index (χ0v) is 16.8. The molecule has 0 spiro atoms. The Bertz CT molecular complexity index is 955. The number of hydrogen-bond acceptors (Lipinski definition) is 3. The van der Waals surface area contributed by atoms with E-state index in [1.54, 1.807) is 6.07 Å². The highest BCUT2D eigenvalue weighted by Gasteiger charge is 2.34. The fourth-order valence-corrected chi connectivity index (χ4v) is 3.21. The Kier molecular flexibility index (Phi) is 6.61. The van der Waals surface area contributed by atoms with Crippen LogP contribution in [-0.2, 0) is 17.4 Å². The summed E-state index contributed by atoms with van der Waals surface area (Å²) in [5, 5.41) is 11.9. The molecule has 0 radical (unpaired) electrons. The molecule has 2 aromatic carbocycles. The number of alkyl halides is 3. The van der Waals surface area contributed by atoms with E-state index in [1.807, 2.05) is 0 Å². The summed E-state index contributed by atoms with van der Waals surface area (Å²) in [4.78, 5) is 10.9. The third kappa shape index (κ3) is 5.92. The SMILES string of the molecule is C=C(Nc1cc(CC(=O)O)ccc1Cl)c1ccc(OCCC2CC2)cc1C(F)(F)F. The van der Waals surface area contributed by atoms with Gasteiger partial charge in [0.2, 0.25) is 0 Å². The molecule has 4 nitrogen and oxygen atoms in total. The highest BCUT2D eigenvalue weighted by Crippen LogP contribution is 2.38. The zero-order chi connectivity index (χ0) is 21.9. The number of carbonyl (C=O) groups is 1. The topological polar surface area (TPSA) is 58.6 Å². The summed E-state index contributed by atoms with van der Waals surface area (Å²) >= 11 is 6.11. The van der Waals surface area contributed by atoms with Crippen LogP contribution in [0.25, 0.3) is 5.70 Å². The van der Waals surface area contributed by atoms with Gasteiger partial charge in [-0.3, -0.25) is 4.79 Å². The van der Waals surface area contributed by atoms with E-state index in [-0.39, 0.29) is 34.1 Å². The molecule has 0 heterocycles. The minimum Gasteiger partial charge on any atom is -0.494 e. The summed E-state index contributed by atoms with van der Waals surface area (Å²) in [6.07, 6.45) is -1.71. The molecule has 0 atom stereocenters. The number of carboxylic acid groups (broad SMARTS) is 1. The summed E-state index contributed by atoms with van der Waals surface area (Å²) in [6.45, 7) is 4.10. The number of halogens is 4. The first-order valence-electron chi connectivity index (χ1n) is 9.44. The smallest absolute Gasteiger partial charge is 0.417 e. The maximum Gasteiger partial charge on any atom is 0.417 e. The van der Waals surface area contributed by atoms with Crippen LogP contribution in [0.4, 0.5) is 18.9 Å². The van der Waals surface area contributed by atoms with Crippen LogP contribution in [0.5, 0.6) is 5.75 Å². The molecule has 2 N–H and O–H groups in total. The quantitative estimate of drug-likeness (QED) is 0.485. The number of hydrogen-bond donors (Lipinski definition) is 2. The molecule has 1 aliphatic rings. The Morgan fingerprint density at radius 3 is 2.60 bits per heavy atom. The molecule has 0 aliphatic heterocycles. The molecule has 0 amide bonds. The van der Waals surface area contributed by atoms with E-state index in [2.05, 4.69) is 11.9 Å². The second-order valence-corrected chi connectivity index (χ2v) is 7.68. The molecular formula is C22H21ClF3NO3. The van der Waals surface area contributed by atoms with Gasteiger partial charge in [-0.1, -0.05) is 37.1 Å². The van der Waals surface area contributed by atoms with Gasteiger partial charge in [0.1, 0.15) is 5.75 Å². The van der Waals surface area contributed by atoms with Crippen molar-refractivity contribution in [3.63, 3.8) is 0 Å². The number of carboxylic acids is 1. The number of aliphatic carboxylic acids is 1. The second-order valence-electron chi connectivity index (χ2n) is 7.27. The Hall–Kier alpha value is -2.67. The van der Waals surface area contributed by atoms with Gasteiger partial charge in [-0.2, -0.15) is 13.2 Å². The first-order valence-corrected chi connectivity index (χ1v) is 9.82. The third-order valence-corrected chi connectivity index (χ3v) is 5.11. The molecule has 3 rings (SSSR count). The van der Waals surface area contributed by atoms with Crippen LogP contribution in [0, 0.1) is 5.92 Å². The molecule has 0 aromatic heterocycles. The molecular weight excluding hydrogens is 419 g/mol. The molecule has 30 heavy (non-hydrogen) atoms. The van der Waals surface area contributed by atoms with Crippen LogP contribution in [0.1, 0.15) is 36.0 Å². The zero-order valence-electron chi connectivity index (χ0n) is 16.1. The molecule has 8 heteroatoms. The number of anilines is 1. The third-order valence-electron chi connectivity index (χ3n) is 4.78. The number of benzene rings is 2. The van der Waals surface area contributed by atoms with Gasteiger partial charge in [-0.15, -0.1) is 0 Å². The first-order chi connectivity index (χ1) is 14.1. The van der Waals surface area contributed by atoms with Gasteiger partial charge in [-0.05, 0) is 48.2 Å². The largest absolute Gasteiger partial charge is 0.494 e. The van der Waals surface area contributed by atoms with Crippen LogP contribution in [0.3, 0.4) is 0 Å². The van der Waals surface area contributed by atoms with Crippen LogP contribution >= 0.6 is 11.6 Å². The highest BCUT2D eigenvalue weighted by atomic mass is 35.5. The van der Waals surface area contributed by atoms with Crippen molar-refractivity contribution >= 4 is 29.0 Å². The number of nitrogens with one attached hydrogen (secondary N) is 1. The average Bonchev–Trinajstić information content (AvgIpc) is 3.47. The lowest BCUT2D eigenvalue weighted by atomic mass is 10.0. The Labute approximate surface area is 177 Å². The van der Waals surface area contributed by atoms with Crippen molar-refractivity contribution < 1.29 is 27.8 Å². The van der Waals surface area contributed by atoms with Crippen LogP contribution < -0.4 is 10.1 Å². The van der Waals surface area contributed by atoms with Gasteiger partial charge in [0.05, 0.1) is 29.3 Å². The van der Waals surface area contributed by atoms with E-state index in [9.17, 15) is 18.0 Å². The maximum atomic E-state index is 13.7. The standard InChI is InChI=1S/C22H21ClF3NO3/c1-13(27-20-10-15(11-21(28)29)4-7-19(20)23)17-6-5-16(12-18(17)22(24,25)26)30-9-8-14-2-3-14/h4-7,10,12,14,27H,1-3,8-9,11H2,(H,28,29). The van der Waals surface area contributed by atoms with Crippen molar-refractivity contribution in [3.05, 3.63) is 64.7 Å². The molecule has 0 unspecified atom stereocenters.